The minimum absolute atomic E-state index is 0.0167. The first-order chi connectivity index (χ1) is 20.3. The third kappa shape index (κ3) is 5.52. The van der Waals surface area contributed by atoms with E-state index in [1.54, 1.807) is 25.2 Å². The standard InChI is InChI=1S/C33H45ClN2O7/c1-7-8-9-13-26(37)41-28-19(4)16-23-21(18(2)3)15-14-20(5)33(23,40)29(28)42-30(38)25-17-32(39)22-11-10-12-24(34)27(22)36(6)43-31(32)35-25/h10-12,16,20-21,23,25,28-29,31,35,39-40H,2,7-9,13-15,17H2,1,3-6H3/t20-,21+,23+,25+,28-,29+,31-,32-,33-/m1/s1. The molecule has 0 unspecified atom stereocenters. The fourth-order valence-corrected chi connectivity index (χ4v) is 7.87. The van der Waals surface area contributed by atoms with Crippen LogP contribution in [-0.2, 0) is 29.5 Å². The molecule has 9 nitrogen and oxygen atoms in total. The van der Waals surface area contributed by atoms with Crippen molar-refractivity contribution in [2.75, 3.05) is 12.1 Å². The molecule has 9 atom stereocenters. The molecule has 43 heavy (non-hydrogen) atoms. The lowest BCUT2D eigenvalue weighted by atomic mass is 9.56. The minimum atomic E-state index is -1.55. The molecule has 0 amide bonds. The number of halogens is 1. The molecule has 5 rings (SSSR count). The quantitative estimate of drug-likeness (QED) is 0.212. The van der Waals surface area contributed by atoms with Gasteiger partial charge in [-0.15, -0.1) is 0 Å². The topological polar surface area (TPSA) is 118 Å². The van der Waals surface area contributed by atoms with E-state index in [0.717, 1.165) is 30.4 Å². The van der Waals surface area contributed by atoms with Crippen LogP contribution in [-0.4, -0.2) is 59.3 Å². The third-order valence-corrected chi connectivity index (χ3v) is 10.3. The van der Waals surface area contributed by atoms with Gasteiger partial charge in [0.15, 0.2) is 18.4 Å². The lowest BCUT2D eigenvalue weighted by molar-refractivity contribution is -0.221. The van der Waals surface area contributed by atoms with Crippen molar-refractivity contribution in [1.29, 1.82) is 0 Å². The van der Waals surface area contributed by atoms with E-state index >= 15 is 0 Å². The van der Waals surface area contributed by atoms with Crippen LogP contribution in [0.4, 0.5) is 5.69 Å². The average molecular weight is 617 g/mol. The summed E-state index contributed by atoms with van der Waals surface area (Å²) in [4.78, 5) is 32.9. The molecule has 1 aromatic rings. The van der Waals surface area contributed by atoms with E-state index in [-0.39, 0.29) is 30.6 Å². The predicted octanol–water partition coefficient (Wildman–Crippen LogP) is 4.93. The van der Waals surface area contributed by atoms with Crippen molar-refractivity contribution in [3.63, 3.8) is 0 Å². The van der Waals surface area contributed by atoms with Crippen molar-refractivity contribution in [1.82, 2.24) is 5.32 Å². The van der Waals surface area contributed by atoms with Crippen LogP contribution in [0.25, 0.3) is 0 Å². The highest BCUT2D eigenvalue weighted by Crippen LogP contribution is 2.53. The van der Waals surface area contributed by atoms with Gasteiger partial charge in [0.2, 0.25) is 0 Å². The number of ether oxygens (including phenoxy) is 2. The van der Waals surface area contributed by atoms with Gasteiger partial charge >= 0.3 is 11.9 Å². The molecule has 3 N–H and O–H groups in total. The van der Waals surface area contributed by atoms with Crippen molar-refractivity contribution < 1.29 is 34.1 Å². The van der Waals surface area contributed by atoms with Crippen molar-refractivity contribution in [3.8, 4) is 0 Å². The summed E-state index contributed by atoms with van der Waals surface area (Å²) in [7, 11) is 1.69. The molecule has 236 valence electrons. The first kappa shape index (κ1) is 32.0. The van der Waals surface area contributed by atoms with Crippen molar-refractivity contribution >= 4 is 29.2 Å². The lowest BCUT2D eigenvalue weighted by Gasteiger charge is -2.55. The van der Waals surface area contributed by atoms with E-state index in [1.807, 2.05) is 26.8 Å². The van der Waals surface area contributed by atoms with Crippen molar-refractivity contribution in [2.45, 2.75) is 108 Å². The van der Waals surface area contributed by atoms with Gasteiger partial charge in [0.05, 0.1) is 10.7 Å². The van der Waals surface area contributed by atoms with E-state index in [4.69, 9.17) is 25.9 Å². The number of carbonyl (C=O) groups excluding carboxylic acids is 2. The summed E-state index contributed by atoms with van der Waals surface area (Å²) in [6.45, 7) is 12.0. The number of benzene rings is 1. The second-order valence-corrected chi connectivity index (χ2v) is 13.4. The molecule has 0 spiro atoms. The Labute approximate surface area is 259 Å². The number of para-hydroxylation sites is 1. The zero-order chi connectivity index (χ0) is 31.3. The second-order valence-electron chi connectivity index (χ2n) is 12.9. The SMILES string of the molecule is C=C(C)[C@@H]1CC[C@@H](C)[C@@]2(O)[C@H]1C=C(C)[C@@H](OC(=O)CCCCC)[C@@H]2OC(=O)[C@@H]1C[C@@]2(O)c3cccc(Cl)c3N(C)O[C@H]2N1. The Hall–Kier alpha value is -2.43. The number of hydrogen-bond acceptors (Lipinski definition) is 9. The molecule has 0 radical (unpaired) electrons. The number of aliphatic hydroxyl groups is 2. The van der Waals surface area contributed by atoms with E-state index in [9.17, 15) is 19.8 Å². The van der Waals surface area contributed by atoms with Crippen LogP contribution >= 0.6 is 11.6 Å². The highest BCUT2D eigenvalue weighted by atomic mass is 35.5. The Bertz CT molecular complexity index is 1300. The molecule has 1 saturated carbocycles. The minimum Gasteiger partial charge on any atom is -0.454 e. The molecular weight excluding hydrogens is 572 g/mol. The van der Waals surface area contributed by atoms with Gasteiger partial charge in [-0.25, -0.2) is 0 Å². The van der Waals surface area contributed by atoms with Gasteiger partial charge in [-0.1, -0.05) is 68.7 Å². The number of allylic oxidation sites excluding steroid dienone is 1. The Morgan fingerprint density at radius 3 is 2.67 bits per heavy atom. The number of nitrogens with one attached hydrogen (secondary N) is 1. The van der Waals surface area contributed by atoms with Crippen LogP contribution in [0, 0.1) is 17.8 Å². The molecule has 4 aliphatic rings. The monoisotopic (exact) mass is 616 g/mol. The fraction of sp³-hybridized carbons (Fsp3) is 0.636. The zero-order valence-corrected chi connectivity index (χ0v) is 26.5. The van der Waals surface area contributed by atoms with Crippen LogP contribution in [0.15, 0.2) is 42.0 Å². The van der Waals surface area contributed by atoms with Crippen LogP contribution < -0.4 is 10.4 Å². The first-order valence-corrected chi connectivity index (χ1v) is 15.8. The van der Waals surface area contributed by atoms with Gasteiger partial charge in [-0.05, 0) is 56.6 Å². The zero-order valence-electron chi connectivity index (χ0n) is 25.8. The highest BCUT2D eigenvalue weighted by Gasteiger charge is 2.61. The molecule has 1 saturated heterocycles. The number of anilines is 1. The Morgan fingerprint density at radius 2 is 1.98 bits per heavy atom. The van der Waals surface area contributed by atoms with E-state index < -0.39 is 47.6 Å². The predicted molar refractivity (Wildman–Crippen MR) is 163 cm³/mol. The van der Waals surface area contributed by atoms with E-state index in [0.29, 0.717) is 29.1 Å². The number of unbranched alkanes of at least 4 members (excludes halogenated alkanes) is 2. The molecule has 0 bridgehead atoms. The van der Waals surface area contributed by atoms with Crippen LogP contribution in [0.3, 0.4) is 0 Å². The first-order valence-electron chi connectivity index (χ1n) is 15.5. The fourth-order valence-electron chi connectivity index (χ4n) is 7.57. The molecular formula is C33H45ClN2O7. The summed E-state index contributed by atoms with van der Waals surface area (Å²) in [5, 5.41) is 29.3. The van der Waals surface area contributed by atoms with Crippen LogP contribution in [0.1, 0.15) is 78.2 Å². The van der Waals surface area contributed by atoms with Gasteiger partial charge < -0.3 is 19.7 Å². The summed E-state index contributed by atoms with van der Waals surface area (Å²) in [5.41, 5.74) is -0.294. The number of hydroxylamine groups is 1. The third-order valence-electron chi connectivity index (χ3n) is 10.0. The summed E-state index contributed by atoms with van der Waals surface area (Å²) < 4.78 is 12.2. The maximum absolute atomic E-state index is 14.0. The number of hydrogen-bond donors (Lipinski definition) is 3. The highest BCUT2D eigenvalue weighted by molar-refractivity contribution is 6.33. The van der Waals surface area contributed by atoms with E-state index in [1.165, 1.54) is 5.06 Å². The van der Waals surface area contributed by atoms with Gasteiger partial charge in [0.25, 0.3) is 0 Å². The molecule has 10 heteroatoms. The number of carbonyl (C=O) groups is 2. The maximum atomic E-state index is 14.0. The van der Waals surface area contributed by atoms with Gasteiger partial charge in [0, 0.05) is 31.4 Å². The molecule has 1 aromatic carbocycles. The Kier molecular flexibility index (Phi) is 9.04. The van der Waals surface area contributed by atoms with Crippen molar-refractivity contribution in [2.24, 2.45) is 17.8 Å². The van der Waals surface area contributed by atoms with Crippen LogP contribution in [0.5, 0.6) is 0 Å². The molecule has 2 aliphatic carbocycles. The summed E-state index contributed by atoms with van der Waals surface area (Å²) in [6.07, 6.45) is 3.28. The molecule has 2 heterocycles. The smallest absolute Gasteiger partial charge is 0.323 e. The summed E-state index contributed by atoms with van der Waals surface area (Å²) >= 11 is 6.43. The van der Waals surface area contributed by atoms with Gasteiger partial charge in [0.1, 0.15) is 17.2 Å². The largest absolute Gasteiger partial charge is 0.454 e. The molecule has 2 fully saturated rings. The second kappa shape index (κ2) is 12.2. The number of fused-ring (bicyclic) bond motifs is 4. The maximum Gasteiger partial charge on any atom is 0.323 e. The normalized spacial score (nSPS) is 36.6. The van der Waals surface area contributed by atoms with E-state index in [2.05, 4.69) is 18.8 Å². The average Bonchev–Trinajstić information content (AvgIpc) is 3.30. The Morgan fingerprint density at radius 1 is 1.23 bits per heavy atom. The summed E-state index contributed by atoms with van der Waals surface area (Å²) in [5.74, 6) is -1.68. The number of rotatable bonds is 8. The molecule has 2 aliphatic heterocycles. The van der Waals surface area contributed by atoms with Gasteiger partial charge in [-0.2, -0.15) is 0 Å². The summed E-state index contributed by atoms with van der Waals surface area (Å²) in [6, 6.07) is 4.26. The number of nitrogens with zero attached hydrogens (tertiary/aromatic N) is 1. The van der Waals surface area contributed by atoms with Crippen molar-refractivity contribution in [3.05, 3.63) is 52.6 Å². The Balaban J connectivity index is 1.45. The van der Waals surface area contributed by atoms with Gasteiger partial charge in [-0.3, -0.25) is 24.8 Å². The molecule has 0 aromatic heterocycles. The van der Waals surface area contributed by atoms with Crippen LogP contribution in [0.2, 0.25) is 5.02 Å². The lowest BCUT2D eigenvalue weighted by Crippen LogP contribution is -2.66. The number of esters is 2.